The molecule has 0 bridgehead atoms. The first-order valence-corrected chi connectivity index (χ1v) is 9.36. The average molecular weight is 325 g/mol. The van der Waals surface area contributed by atoms with Gasteiger partial charge in [0.1, 0.15) is 0 Å². The molecule has 1 atom stereocenters. The number of nitrogens with zero attached hydrogens (tertiary/aromatic N) is 2. The summed E-state index contributed by atoms with van der Waals surface area (Å²) in [5, 5.41) is 0. The van der Waals surface area contributed by atoms with Crippen LogP contribution in [0.2, 0.25) is 0 Å². The number of pyridine rings is 1. The molecule has 2 fully saturated rings. The smallest absolute Gasteiger partial charge is 0.280 e. The van der Waals surface area contributed by atoms with E-state index >= 15 is 0 Å². The summed E-state index contributed by atoms with van der Waals surface area (Å²) >= 11 is 0. The molecular weight excluding hydrogens is 302 g/mol. The maximum Gasteiger partial charge on any atom is 0.280 e. The fraction of sp³-hybridized carbons (Fsp3) is 0.667. The van der Waals surface area contributed by atoms with Crippen LogP contribution in [0.1, 0.15) is 37.3 Å². The Balaban J connectivity index is 1.81. The van der Waals surface area contributed by atoms with Crippen molar-refractivity contribution in [3.63, 3.8) is 0 Å². The van der Waals surface area contributed by atoms with Gasteiger partial charge in [0.05, 0.1) is 6.04 Å². The summed E-state index contributed by atoms with van der Waals surface area (Å²) in [5.74, 6) is 0.246. The van der Waals surface area contributed by atoms with Gasteiger partial charge in [-0.3, -0.25) is 4.98 Å². The van der Waals surface area contributed by atoms with Crippen LogP contribution in [-0.4, -0.2) is 44.0 Å². The molecule has 3 heterocycles. The van der Waals surface area contributed by atoms with Crippen LogP contribution in [0, 0.1) is 5.92 Å². The quantitative estimate of drug-likeness (QED) is 0.890. The van der Waals surface area contributed by atoms with Gasteiger partial charge in [-0.05, 0) is 43.2 Å². The Morgan fingerprint density at radius 1 is 1.27 bits per heavy atom. The molecule has 0 spiro atoms. The van der Waals surface area contributed by atoms with Crippen molar-refractivity contribution in [2.45, 2.75) is 31.7 Å². The maximum absolute atomic E-state index is 12.6. The largest absolute Gasteiger partial charge is 0.381 e. The standard InChI is InChI=1S/C15H23N3O3S/c19-22(20,18-8-1-2-9-18)17-15(13-5-10-21-11-6-13)14-4-3-7-16-12-14/h3-4,7,12-13,15,17H,1-2,5-6,8-11H2. The minimum atomic E-state index is -3.44. The van der Waals surface area contributed by atoms with Crippen molar-refractivity contribution in [2.75, 3.05) is 26.3 Å². The first-order valence-electron chi connectivity index (χ1n) is 7.92. The van der Waals surface area contributed by atoms with Crippen LogP contribution in [0.3, 0.4) is 0 Å². The van der Waals surface area contributed by atoms with Crippen molar-refractivity contribution in [2.24, 2.45) is 5.92 Å². The molecule has 1 N–H and O–H groups in total. The summed E-state index contributed by atoms with van der Waals surface area (Å²) in [4.78, 5) is 4.15. The molecule has 2 aliphatic rings. The summed E-state index contributed by atoms with van der Waals surface area (Å²) in [5.41, 5.74) is 0.928. The number of rotatable bonds is 5. The summed E-state index contributed by atoms with van der Waals surface area (Å²) in [6, 6.07) is 3.56. The summed E-state index contributed by atoms with van der Waals surface area (Å²) < 4.78 is 35.1. The highest BCUT2D eigenvalue weighted by Gasteiger charge is 2.33. The number of ether oxygens (including phenoxy) is 1. The predicted molar refractivity (Wildman–Crippen MR) is 83.4 cm³/mol. The molecule has 3 rings (SSSR count). The SMILES string of the molecule is O=S(=O)(NC(c1cccnc1)C1CCOCC1)N1CCCC1. The monoisotopic (exact) mass is 325 g/mol. The van der Waals surface area contributed by atoms with E-state index in [-0.39, 0.29) is 12.0 Å². The van der Waals surface area contributed by atoms with Crippen LogP contribution in [0.4, 0.5) is 0 Å². The Morgan fingerprint density at radius 3 is 2.64 bits per heavy atom. The Hall–Kier alpha value is -1.02. The zero-order valence-corrected chi connectivity index (χ0v) is 13.5. The fourth-order valence-corrected chi connectivity index (χ4v) is 4.75. The average Bonchev–Trinajstić information content (AvgIpc) is 3.10. The summed E-state index contributed by atoms with van der Waals surface area (Å²) in [6.45, 7) is 2.60. The van der Waals surface area contributed by atoms with Gasteiger partial charge >= 0.3 is 0 Å². The third kappa shape index (κ3) is 3.65. The Morgan fingerprint density at radius 2 is 2.00 bits per heavy atom. The van der Waals surface area contributed by atoms with Crippen molar-refractivity contribution in [3.8, 4) is 0 Å². The predicted octanol–water partition coefficient (Wildman–Crippen LogP) is 1.48. The van der Waals surface area contributed by atoms with E-state index in [9.17, 15) is 8.42 Å². The number of aromatic nitrogens is 1. The fourth-order valence-electron chi connectivity index (χ4n) is 3.21. The minimum absolute atomic E-state index is 0.233. The first kappa shape index (κ1) is 15.9. The normalized spacial score (nSPS) is 22.7. The highest BCUT2D eigenvalue weighted by atomic mass is 32.2. The molecule has 122 valence electrons. The van der Waals surface area contributed by atoms with E-state index in [1.54, 1.807) is 16.7 Å². The molecule has 1 aromatic heterocycles. The molecule has 2 aliphatic heterocycles. The van der Waals surface area contributed by atoms with E-state index in [2.05, 4.69) is 9.71 Å². The minimum Gasteiger partial charge on any atom is -0.381 e. The molecule has 1 aromatic rings. The molecule has 0 amide bonds. The Labute approximate surface area is 132 Å². The number of hydrogen-bond acceptors (Lipinski definition) is 4. The van der Waals surface area contributed by atoms with E-state index in [4.69, 9.17) is 4.74 Å². The van der Waals surface area contributed by atoms with Crippen LogP contribution in [0.25, 0.3) is 0 Å². The zero-order chi connectivity index (χ0) is 15.4. The van der Waals surface area contributed by atoms with Gasteiger partial charge in [0.25, 0.3) is 10.2 Å². The molecule has 2 saturated heterocycles. The maximum atomic E-state index is 12.6. The van der Waals surface area contributed by atoms with Crippen LogP contribution < -0.4 is 4.72 Å². The molecule has 0 saturated carbocycles. The molecule has 6 nitrogen and oxygen atoms in total. The lowest BCUT2D eigenvalue weighted by atomic mass is 9.88. The molecule has 0 aromatic carbocycles. The van der Waals surface area contributed by atoms with E-state index in [1.807, 2.05) is 12.1 Å². The lowest BCUT2D eigenvalue weighted by Gasteiger charge is -2.32. The second-order valence-electron chi connectivity index (χ2n) is 5.94. The molecule has 0 aliphatic carbocycles. The molecule has 1 unspecified atom stereocenters. The van der Waals surface area contributed by atoms with Crippen molar-refractivity contribution in [3.05, 3.63) is 30.1 Å². The van der Waals surface area contributed by atoms with E-state index in [1.165, 1.54) is 0 Å². The summed E-state index contributed by atoms with van der Waals surface area (Å²) in [7, 11) is -3.44. The van der Waals surface area contributed by atoms with Crippen LogP contribution in [-0.2, 0) is 14.9 Å². The second kappa shape index (κ2) is 7.04. The van der Waals surface area contributed by atoms with Gasteiger partial charge in [0.2, 0.25) is 0 Å². The third-order valence-electron chi connectivity index (χ3n) is 4.46. The van der Waals surface area contributed by atoms with Crippen molar-refractivity contribution < 1.29 is 13.2 Å². The second-order valence-corrected chi connectivity index (χ2v) is 7.65. The number of nitrogens with one attached hydrogen (secondary N) is 1. The Kier molecular flexibility index (Phi) is 5.07. The van der Waals surface area contributed by atoms with E-state index < -0.39 is 10.2 Å². The molecule has 7 heteroatoms. The van der Waals surface area contributed by atoms with Crippen LogP contribution >= 0.6 is 0 Å². The van der Waals surface area contributed by atoms with E-state index in [0.29, 0.717) is 26.3 Å². The van der Waals surface area contributed by atoms with Crippen molar-refractivity contribution in [1.29, 1.82) is 0 Å². The Bertz CT molecular complexity index is 567. The van der Waals surface area contributed by atoms with Gasteiger partial charge in [-0.2, -0.15) is 17.4 Å². The van der Waals surface area contributed by atoms with E-state index in [0.717, 1.165) is 31.2 Å². The van der Waals surface area contributed by atoms with Gasteiger partial charge in [-0.25, -0.2) is 0 Å². The van der Waals surface area contributed by atoms with Gasteiger partial charge in [-0.15, -0.1) is 0 Å². The molecular formula is C15H23N3O3S. The molecule has 0 radical (unpaired) electrons. The topological polar surface area (TPSA) is 71.5 Å². The van der Waals surface area contributed by atoms with Crippen molar-refractivity contribution in [1.82, 2.24) is 14.0 Å². The zero-order valence-electron chi connectivity index (χ0n) is 12.6. The summed E-state index contributed by atoms with van der Waals surface area (Å²) in [6.07, 6.45) is 7.07. The third-order valence-corrected chi connectivity index (χ3v) is 6.06. The lowest BCUT2D eigenvalue weighted by molar-refractivity contribution is 0.0562. The van der Waals surface area contributed by atoms with Gasteiger partial charge in [0, 0.05) is 38.7 Å². The van der Waals surface area contributed by atoms with Gasteiger partial charge in [0.15, 0.2) is 0 Å². The number of hydrogen-bond donors (Lipinski definition) is 1. The van der Waals surface area contributed by atoms with Crippen LogP contribution in [0.5, 0.6) is 0 Å². The van der Waals surface area contributed by atoms with Gasteiger partial charge < -0.3 is 4.74 Å². The lowest BCUT2D eigenvalue weighted by Crippen LogP contribution is -2.43. The highest BCUT2D eigenvalue weighted by Crippen LogP contribution is 2.31. The molecule has 22 heavy (non-hydrogen) atoms. The highest BCUT2D eigenvalue weighted by molar-refractivity contribution is 7.87. The first-order chi connectivity index (χ1) is 10.7. The van der Waals surface area contributed by atoms with Gasteiger partial charge in [-0.1, -0.05) is 6.07 Å². The van der Waals surface area contributed by atoms with Crippen molar-refractivity contribution >= 4 is 10.2 Å². The van der Waals surface area contributed by atoms with Crippen LogP contribution in [0.15, 0.2) is 24.5 Å².